The van der Waals surface area contributed by atoms with E-state index in [2.05, 4.69) is 0 Å². The van der Waals surface area contributed by atoms with Crippen molar-refractivity contribution in [1.82, 2.24) is 0 Å². The second-order valence-electron chi connectivity index (χ2n) is 7.18. The van der Waals surface area contributed by atoms with Gasteiger partial charge >= 0.3 is 11.9 Å². The van der Waals surface area contributed by atoms with Gasteiger partial charge in [0.1, 0.15) is 0 Å². The lowest BCUT2D eigenvalue weighted by molar-refractivity contribution is -0.135. The molecule has 0 heterocycles. The number of rotatable bonds is 5. The molecule has 4 nitrogen and oxygen atoms in total. The Morgan fingerprint density at radius 2 is 0.969 bits per heavy atom. The molecule has 0 amide bonds. The number of hydrogen-bond acceptors (Lipinski definition) is 4. The van der Waals surface area contributed by atoms with Crippen molar-refractivity contribution in [2.24, 2.45) is 0 Å². The molecule has 0 aliphatic heterocycles. The number of allylic oxidation sites excluding steroid dienone is 2. The van der Waals surface area contributed by atoms with Gasteiger partial charge in [0.05, 0.1) is 25.4 Å². The Bertz CT molecular complexity index is 1160. The predicted molar refractivity (Wildman–Crippen MR) is 125 cm³/mol. The highest BCUT2D eigenvalue weighted by molar-refractivity contribution is 6.29. The summed E-state index contributed by atoms with van der Waals surface area (Å²) in [4.78, 5) is 26.3. The summed E-state index contributed by atoms with van der Waals surface area (Å²) in [6.07, 6.45) is 1.83. The molecule has 1 aliphatic rings. The van der Waals surface area contributed by atoms with Gasteiger partial charge in [0.25, 0.3) is 0 Å². The monoisotopic (exact) mass is 422 g/mol. The summed E-state index contributed by atoms with van der Waals surface area (Å²) in [6.45, 7) is 0. The third-order valence-corrected chi connectivity index (χ3v) is 5.30. The summed E-state index contributed by atoms with van der Waals surface area (Å²) in [5.41, 5.74) is 4.91. The van der Waals surface area contributed by atoms with E-state index in [1.165, 1.54) is 14.2 Å². The normalized spacial score (nSPS) is 13.2. The summed E-state index contributed by atoms with van der Waals surface area (Å²) in [7, 11) is 2.69. The van der Waals surface area contributed by atoms with E-state index in [9.17, 15) is 9.59 Å². The van der Waals surface area contributed by atoms with E-state index in [4.69, 9.17) is 9.47 Å². The van der Waals surface area contributed by atoms with E-state index in [1.54, 1.807) is 0 Å². The van der Waals surface area contributed by atoms with E-state index in [-0.39, 0.29) is 0 Å². The van der Waals surface area contributed by atoms with Crippen molar-refractivity contribution in [2.45, 2.75) is 0 Å². The molecule has 3 aromatic rings. The smallest absolute Gasteiger partial charge is 0.339 e. The zero-order valence-electron chi connectivity index (χ0n) is 17.9. The molecule has 158 valence electrons. The van der Waals surface area contributed by atoms with E-state index < -0.39 is 11.9 Å². The second-order valence-corrected chi connectivity index (χ2v) is 7.18. The number of ether oxygens (including phenoxy) is 2. The van der Waals surface area contributed by atoms with E-state index >= 15 is 0 Å². The maximum Gasteiger partial charge on any atom is 0.339 e. The van der Waals surface area contributed by atoms with Crippen molar-refractivity contribution in [2.75, 3.05) is 14.2 Å². The molecule has 3 aromatic carbocycles. The Morgan fingerprint density at radius 1 is 0.594 bits per heavy atom. The average Bonchev–Trinajstić information content (AvgIpc) is 3.19. The Labute approximate surface area is 187 Å². The highest BCUT2D eigenvalue weighted by Gasteiger charge is 2.38. The van der Waals surface area contributed by atoms with Gasteiger partial charge in [-0.2, -0.15) is 0 Å². The van der Waals surface area contributed by atoms with Gasteiger partial charge in [0.2, 0.25) is 0 Å². The second kappa shape index (κ2) is 9.31. The quantitative estimate of drug-likeness (QED) is 0.521. The van der Waals surface area contributed by atoms with Crippen LogP contribution in [0.4, 0.5) is 0 Å². The van der Waals surface area contributed by atoms with Crippen LogP contribution in [0.5, 0.6) is 0 Å². The van der Waals surface area contributed by atoms with Crippen LogP contribution in [-0.4, -0.2) is 26.2 Å². The first-order valence-electron chi connectivity index (χ1n) is 10.2. The van der Waals surface area contributed by atoms with Crippen LogP contribution in [0.2, 0.25) is 0 Å². The summed E-state index contributed by atoms with van der Waals surface area (Å²) in [5.74, 6) is -1.03. The molecule has 0 spiro atoms. The van der Waals surface area contributed by atoms with Crippen LogP contribution in [0.1, 0.15) is 16.7 Å². The van der Waals surface area contributed by atoms with Crippen molar-refractivity contribution < 1.29 is 19.1 Å². The summed E-state index contributed by atoms with van der Waals surface area (Å²) in [6, 6.07) is 28.6. The minimum Gasteiger partial charge on any atom is -0.465 e. The molecule has 0 unspecified atom stereocenters. The fourth-order valence-electron chi connectivity index (χ4n) is 3.92. The first-order valence-corrected chi connectivity index (χ1v) is 10.2. The van der Waals surface area contributed by atoms with E-state index in [0.717, 1.165) is 16.7 Å². The third-order valence-electron chi connectivity index (χ3n) is 5.30. The zero-order valence-corrected chi connectivity index (χ0v) is 17.9. The maximum absolute atomic E-state index is 13.1. The molecule has 0 N–H and O–H groups in total. The van der Waals surface area contributed by atoms with Crippen molar-refractivity contribution in [3.8, 4) is 0 Å². The molecule has 0 saturated carbocycles. The molecule has 32 heavy (non-hydrogen) atoms. The lowest BCUT2D eigenvalue weighted by Gasteiger charge is -2.12. The van der Waals surface area contributed by atoms with Gasteiger partial charge in [-0.1, -0.05) is 91.0 Å². The number of hydrogen-bond donors (Lipinski definition) is 0. The van der Waals surface area contributed by atoms with Crippen LogP contribution < -0.4 is 0 Å². The van der Waals surface area contributed by atoms with Gasteiger partial charge in [-0.15, -0.1) is 0 Å². The highest BCUT2D eigenvalue weighted by Crippen LogP contribution is 2.48. The number of methoxy groups -OCH3 is 2. The van der Waals surface area contributed by atoms with Crippen LogP contribution in [0.3, 0.4) is 0 Å². The average molecular weight is 422 g/mol. The molecule has 0 aromatic heterocycles. The molecule has 4 heteroatoms. The molecule has 0 saturated heterocycles. The largest absolute Gasteiger partial charge is 0.465 e. The van der Waals surface area contributed by atoms with Gasteiger partial charge in [0, 0.05) is 16.7 Å². The maximum atomic E-state index is 13.1. The number of esters is 2. The van der Waals surface area contributed by atoms with Crippen molar-refractivity contribution in [3.05, 3.63) is 124 Å². The lowest BCUT2D eigenvalue weighted by Crippen LogP contribution is -2.11. The minimum atomic E-state index is -0.515. The lowest BCUT2D eigenvalue weighted by atomic mass is 9.91. The van der Waals surface area contributed by atoms with Crippen LogP contribution in [0, 0.1) is 0 Å². The van der Waals surface area contributed by atoms with Crippen molar-refractivity contribution in [3.63, 3.8) is 0 Å². The Balaban J connectivity index is 2.13. The summed E-state index contributed by atoms with van der Waals surface area (Å²) in [5, 5.41) is 0. The summed E-state index contributed by atoms with van der Waals surface area (Å²) >= 11 is 0. The molecule has 0 fully saturated rings. The fraction of sp³-hybridized carbons (Fsp3) is 0.0714. The van der Waals surface area contributed by atoms with Gasteiger partial charge in [-0.25, -0.2) is 9.59 Å². The highest BCUT2D eigenvalue weighted by atomic mass is 16.5. The van der Waals surface area contributed by atoms with Crippen LogP contribution in [-0.2, 0) is 19.1 Å². The van der Waals surface area contributed by atoms with E-state index in [0.29, 0.717) is 27.9 Å². The van der Waals surface area contributed by atoms with Crippen molar-refractivity contribution >= 4 is 29.2 Å². The zero-order chi connectivity index (χ0) is 22.5. The SMILES string of the molecule is COC(=O)C1=C(c2ccccc2)C(c2ccccc2)=C(C(=O)OC)C1=Cc1ccccc1. The van der Waals surface area contributed by atoms with Gasteiger partial charge < -0.3 is 9.47 Å². The topological polar surface area (TPSA) is 52.6 Å². The number of benzene rings is 3. The third kappa shape index (κ3) is 3.91. The molecular weight excluding hydrogens is 400 g/mol. The molecule has 0 atom stereocenters. The van der Waals surface area contributed by atoms with E-state index in [1.807, 2.05) is 97.1 Å². The Morgan fingerprint density at radius 3 is 1.34 bits per heavy atom. The molecular formula is C28H22O4. The predicted octanol–water partition coefficient (Wildman–Crippen LogP) is 5.34. The van der Waals surface area contributed by atoms with Gasteiger partial charge in [-0.05, 0) is 22.8 Å². The van der Waals surface area contributed by atoms with Crippen LogP contribution >= 0.6 is 0 Å². The molecule has 0 bridgehead atoms. The van der Waals surface area contributed by atoms with Crippen molar-refractivity contribution in [1.29, 1.82) is 0 Å². The molecule has 4 rings (SSSR count). The number of carbonyl (C=O) groups excluding carboxylic acids is 2. The van der Waals surface area contributed by atoms with Crippen LogP contribution in [0.15, 0.2) is 108 Å². The molecule has 1 aliphatic carbocycles. The van der Waals surface area contributed by atoms with Crippen LogP contribution in [0.25, 0.3) is 17.2 Å². The van der Waals surface area contributed by atoms with Gasteiger partial charge in [0.15, 0.2) is 0 Å². The van der Waals surface area contributed by atoms with Gasteiger partial charge in [-0.3, -0.25) is 0 Å². The first kappa shape index (κ1) is 21.1. The Kier molecular flexibility index (Phi) is 6.13. The number of carbonyl (C=O) groups is 2. The molecule has 0 radical (unpaired) electrons. The standard InChI is InChI=1S/C28H22O4/c1-31-27(29)25-22(18-19-12-6-3-7-13-19)26(28(30)32-2)24(21-16-10-5-11-17-21)23(25)20-14-8-4-9-15-20/h3-18H,1-2H3. The Hall–Kier alpha value is -4.18. The summed E-state index contributed by atoms with van der Waals surface area (Å²) < 4.78 is 10.4. The minimum absolute atomic E-state index is 0.335. The fourth-order valence-corrected chi connectivity index (χ4v) is 3.92. The first-order chi connectivity index (χ1) is 15.7.